The second kappa shape index (κ2) is 12.0. The Hall–Kier alpha value is -3.73. The number of rotatable bonds is 7. The summed E-state index contributed by atoms with van der Waals surface area (Å²) in [6.45, 7) is 2.76. The van der Waals surface area contributed by atoms with Crippen LogP contribution in [0.3, 0.4) is 0 Å². The van der Waals surface area contributed by atoms with Crippen LogP contribution in [-0.2, 0) is 0 Å². The first-order valence-corrected chi connectivity index (χ1v) is 15.1. The molecule has 2 amide bonds. The van der Waals surface area contributed by atoms with Crippen molar-refractivity contribution >= 4 is 40.4 Å². The number of fused-ring (bicyclic) bond motifs is 1. The maximum absolute atomic E-state index is 12.9. The van der Waals surface area contributed by atoms with Crippen molar-refractivity contribution in [1.29, 1.82) is 0 Å². The Kier molecular flexibility index (Phi) is 8.04. The Morgan fingerprint density at radius 3 is 2.39 bits per heavy atom. The van der Waals surface area contributed by atoms with E-state index in [9.17, 15) is 9.59 Å². The van der Waals surface area contributed by atoms with Crippen LogP contribution in [0.2, 0.25) is 0 Å². The molecule has 218 valence electrons. The van der Waals surface area contributed by atoms with Crippen molar-refractivity contribution in [2.45, 2.75) is 95.3 Å². The van der Waals surface area contributed by atoms with Gasteiger partial charge in [0.2, 0.25) is 5.95 Å². The predicted molar refractivity (Wildman–Crippen MR) is 160 cm³/mol. The highest BCUT2D eigenvalue weighted by Gasteiger charge is 2.27. The fraction of sp³-hybridized carbons (Fsp3) is 0.567. The van der Waals surface area contributed by atoms with Crippen LogP contribution in [0.15, 0.2) is 30.6 Å². The van der Waals surface area contributed by atoms with Gasteiger partial charge in [-0.3, -0.25) is 4.79 Å². The lowest BCUT2D eigenvalue weighted by Gasteiger charge is -2.32. The SMILES string of the molecule is CC(=O)c1cccc(NC(=O)N2CCC(Nc3nc(NC4CCC(N)CC4)nc4c3ncn4C3CCCC3)CC2)c1. The van der Waals surface area contributed by atoms with Crippen LogP contribution >= 0.6 is 0 Å². The van der Waals surface area contributed by atoms with Crippen LogP contribution in [0, 0.1) is 0 Å². The minimum atomic E-state index is -0.150. The first-order valence-electron chi connectivity index (χ1n) is 15.1. The van der Waals surface area contributed by atoms with Crippen molar-refractivity contribution in [3.8, 4) is 0 Å². The van der Waals surface area contributed by atoms with E-state index in [1.165, 1.54) is 19.8 Å². The van der Waals surface area contributed by atoms with Crippen LogP contribution in [0.1, 0.15) is 87.5 Å². The topological polar surface area (TPSA) is 143 Å². The largest absolute Gasteiger partial charge is 0.365 e. The van der Waals surface area contributed by atoms with Gasteiger partial charge in [-0.1, -0.05) is 25.0 Å². The number of nitrogens with one attached hydrogen (secondary N) is 3. The molecule has 2 aliphatic carbocycles. The number of nitrogens with zero attached hydrogens (tertiary/aromatic N) is 5. The highest BCUT2D eigenvalue weighted by atomic mass is 16.2. The molecule has 6 rings (SSSR count). The molecular weight excluding hydrogens is 518 g/mol. The van der Waals surface area contributed by atoms with E-state index in [0.29, 0.717) is 42.4 Å². The van der Waals surface area contributed by atoms with Crippen molar-refractivity contribution < 1.29 is 9.59 Å². The number of imidazole rings is 1. The zero-order valence-electron chi connectivity index (χ0n) is 23.8. The van der Waals surface area contributed by atoms with Gasteiger partial charge in [-0.05, 0) is 70.4 Å². The number of likely N-dealkylation sites (tertiary alicyclic amines) is 1. The summed E-state index contributed by atoms with van der Waals surface area (Å²) in [4.78, 5) is 41.1. The van der Waals surface area contributed by atoms with Gasteiger partial charge in [0.1, 0.15) is 0 Å². The number of piperidine rings is 1. The minimum absolute atomic E-state index is 0.0267. The van der Waals surface area contributed by atoms with E-state index in [0.717, 1.165) is 68.3 Å². The Morgan fingerprint density at radius 2 is 1.66 bits per heavy atom. The predicted octanol–water partition coefficient (Wildman–Crippen LogP) is 4.93. The van der Waals surface area contributed by atoms with Crippen molar-refractivity contribution in [2.75, 3.05) is 29.0 Å². The number of benzene rings is 1. The molecule has 2 saturated carbocycles. The third-order valence-corrected chi connectivity index (χ3v) is 8.89. The Labute approximate surface area is 240 Å². The molecule has 3 heterocycles. The van der Waals surface area contributed by atoms with Crippen molar-refractivity contribution in [2.24, 2.45) is 5.73 Å². The first kappa shape index (κ1) is 27.4. The van der Waals surface area contributed by atoms with Gasteiger partial charge in [0.05, 0.1) is 6.33 Å². The summed E-state index contributed by atoms with van der Waals surface area (Å²) in [6.07, 6.45) is 12.4. The summed E-state index contributed by atoms with van der Waals surface area (Å²) in [6, 6.07) is 8.10. The molecule has 3 fully saturated rings. The monoisotopic (exact) mass is 559 g/mol. The number of amides is 2. The number of anilines is 3. The average molecular weight is 560 g/mol. The number of hydrogen-bond acceptors (Lipinski definition) is 8. The Bertz CT molecular complexity index is 1380. The third kappa shape index (κ3) is 6.29. The molecule has 0 unspecified atom stereocenters. The van der Waals surface area contributed by atoms with Gasteiger partial charge in [-0.15, -0.1) is 0 Å². The average Bonchev–Trinajstić information content (AvgIpc) is 3.65. The van der Waals surface area contributed by atoms with Gasteiger partial charge < -0.3 is 31.2 Å². The maximum Gasteiger partial charge on any atom is 0.321 e. The normalized spacial score (nSPS) is 22.1. The number of nitrogens with two attached hydrogens (primary N) is 1. The lowest BCUT2D eigenvalue weighted by Crippen LogP contribution is -2.44. The molecule has 5 N–H and O–H groups in total. The van der Waals surface area contributed by atoms with Gasteiger partial charge in [0.15, 0.2) is 22.8 Å². The molecule has 2 aromatic heterocycles. The molecule has 3 aliphatic rings. The number of carbonyl (C=O) groups excluding carboxylic acids is 2. The summed E-state index contributed by atoms with van der Waals surface area (Å²) < 4.78 is 2.24. The first-order chi connectivity index (χ1) is 19.9. The molecule has 0 radical (unpaired) electrons. The lowest BCUT2D eigenvalue weighted by atomic mass is 9.92. The summed E-state index contributed by atoms with van der Waals surface area (Å²) in [7, 11) is 0. The van der Waals surface area contributed by atoms with Crippen LogP contribution in [-0.4, -0.2) is 67.4 Å². The molecule has 41 heavy (non-hydrogen) atoms. The molecule has 0 atom stereocenters. The van der Waals surface area contributed by atoms with Gasteiger partial charge in [0.25, 0.3) is 0 Å². The van der Waals surface area contributed by atoms with E-state index >= 15 is 0 Å². The van der Waals surface area contributed by atoms with Crippen LogP contribution in [0.25, 0.3) is 11.2 Å². The van der Waals surface area contributed by atoms with E-state index < -0.39 is 0 Å². The summed E-state index contributed by atoms with van der Waals surface area (Å²) in [5.74, 6) is 1.37. The summed E-state index contributed by atoms with van der Waals surface area (Å²) in [5, 5.41) is 10.2. The molecule has 1 aliphatic heterocycles. The maximum atomic E-state index is 12.9. The van der Waals surface area contributed by atoms with E-state index in [-0.39, 0.29) is 23.9 Å². The standard InChI is InChI=1S/C30H41N9O2/c1-19(40)20-5-4-6-24(17-20)35-30(41)38-15-13-23(14-16-38)33-27-26-28(39(18-32-26)25-7-2-3-8-25)37-29(36-27)34-22-11-9-21(31)10-12-22/h4-6,17-18,21-23,25H,2-3,7-16,31H2,1H3,(H,35,41)(H2,33,34,36,37). The second-order valence-electron chi connectivity index (χ2n) is 11.9. The van der Waals surface area contributed by atoms with E-state index in [1.54, 1.807) is 24.3 Å². The molecular formula is C30H41N9O2. The van der Waals surface area contributed by atoms with Crippen molar-refractivity contribution in [1.82, 2.24) is 24.4 Å². The zero-order valence-corrected chi connectivity index (χ0v) is 23.8. The van der Waals surface area contributed by atoms with Crippen LogP contribution in [0.5, 0.6) is 0 Å². The zero-order chi connectivity index (χ0) is 28.3. The molecule has 1 aromatic carbocycles. The highest BCUT2D eigenvalue weighted by Crippen LogP contribution is 2.34. The number of aromatic nitrogens is 4. The van der Waals surface area contributed by atoms with Crippen molar-refractivity contribution in [3.63, 3.8) is 0 Å². The van der Waals surface area contributed by atoms with E-state index in [4.69, 9.17) is 20.7 Å². The third-order valence-electron chi connectivity index (χ3n) is 8.89. The van der Waals surface area contributed by atoms with Gasteiger partial charge >= 0.3 is 6.03 Å². The van der Waals surface area contributed by atoms with E-state index in [2.05, 4.69) is 20.5 Å². The Morgan fingerprint density at radius 1 is 0.927 bits per heavy atom. The number of ketones is 1. The second-order valence-corrected chi connectivity index (χ2v) is 11.9. The van der Waals surface area contributed by atoms with Crippen LogP contribution in [0.4, 0.5) is 22.2 Å². The molecule has 11 nitrogen and oxygen atoms in total. The Balaban J connectivity index is 1.14. The quantitative estimate of drug-likeness (QED) is 0.298. The van der Waals surface area contributed by atoms with Crippen LogP contribution < -0.4 is 21.7 Å². The summed E-state index contributed by atoms with van der Waals surface area (Å²) >= 11 is 0. The molecule has 3 aromatic rings. The van der Waals surface area contributed by atoms with Gasteiger partial charge in [0, 0.05) is 48.5 Å². The van der Waals surface area contributed by atoms with Gasteiger partial charge in [-0.25, -0.2) is 9.78 Å². The fourth-order valence-electron chi connectivity index (χ4n) is 6.42. The van der Waals surface area contributed by atoms with E-state index in [1.807, 2.05) is 11.2 Å². The number of hydrogen-bond donors (Lipinski definition) is 4. The number of carbonyl (C=O) groups is 2. The summed E-state index contributed by atoms with van der Waals surface area (Å²) in [5.41, 5.74) is 9.03. The lowest BCUT2D eigenvalue weighted by molar-refractivity contribution is 0.101. The van der Waals surface area contributed by atoms with Crippen molar-refractivity contribution in [3.05, 3.63) is 36.2 Å². The smallest absolute Gasteiger partial charge is 0.321 e. The molecule has 0 spiro atoms. The highest BCUT2D eigenvalue weighted by molar-refractivity contribution is 5.96. The molecule has 1 saturated heterocycles. The number of urea groups is 1. The molecule has 11 heteroatoms. The van der Waals surface area contributed by atoms with Gasteiger partial charge in [-0.2, -0.15) is 9.97 Å². The minimum Gasteiger partial charge on any atom is -0.365 e. The fourth-order valence-corrected chi connectivity index (χ4v) is 6.42. The number of Topliss-reactive ketones (excluding diaryl/α,β-unsaturated/α-hetero) is 1. The molecule has 0 bridgehead atoms.